The number of ether oxygens (including phenoxy) is 1. The monoisotopic (exact) mass is 338 g/mol. The zero-order valence-electron chi connectivity index (χ0n) is 13.6. The number of hydrogen-bond donors (Lipinski definition) is 3. The SMILES string of the molecule is COc1ccc(/C=C/C(=O)NC(N)=N/N=C/c2ccc(O)cc2)cc1. The molecule has 0 atom stereocenters. The lowest BCUT2D eigenvalue weighted by molar-refractivity contribution is -0.115. The topological polar surface area (TPSA) is 109 Å². The van der Waals surface area contributed by atoms with Gasteiger partial charge in [0.15, 0.2) is 0 Å². The molecule has 7 heteroatoms. The number of nitrogens with zero attached hydrogens (tertiary/aromatic N) is 2. The number of hydrogen-bond acceptors (Lipinski definition) is 5. The Morgan fingerprint density at radius 1 is 1.12 bits per heavy atom. The van der Waals surface area contributed by atoms with E-state index in [0.29, 0.717) is 0 Å². The van der Waals surface area contributed by atoms with E-state index in [4.69, 9.17) is 10.5 Å². The molecule has 0 heterocycles. The van der Waals surface area contributed by atoms with Crippen LogP contribution in [0.3, 0.4) is 0 Å². The molecule has 0 radical (unpaired) electrons. The summed E-state index contributed by atoms with van der Waals surface area (Å²) in [6.07, 6.45) is 4.43. The van der Waals surface area contributed by atoms with Crippen molar-refractivity contribution in [3.8, 4) is 11.5 Å². The predicted octanol–water partition coefficient (Wildman–Crippen LogP) is 1.88. The van der Waals surface area contributed by atoms with E-state index >= 15 is 0 Å². The third kappa shape index (κ3) is 6.19. The molecule has 25 heavy (non-hydrogen) atoms. The first kappa shape index (κ1) is 17.7. The van der Waals surface area contributed by atoms with Crippen molar-refractivity contribution in [2.24, 2.45) is 15.9 Å². The minimum atomic E-state index is -0.420. The van der Waals surface area contributed by atoms with Crippen LogP contribution in [0.5, 0.6) is 11.5 Å². The lowest BCUT2D eigenvalue weighted by Gasteiger charge is -2.00. The number of nitrogens with one attached hydrogen (secondary N) is 1. The standard InChI is InChI=1S/C18H18N4O3/c1-25-16-9-4-13(5-10-16)6-11-17(24)21-18(19)22-20-12-14-2-7-15(23)8-3-14/h2-12,23H,1H3,(H3,19,21,22,24)/b11-6+,20-12+. The number of phenols is 1. The van der Waals surface area contributed by atoms with Gasteiger partial charge in [-0.15, -0.1) is 5.10 Å². The van der Waals surface area contributed by atoms with Crippen LogP contribution in [0.1, 0.15) is 11.1 Å². The predicted molar refractivity (Wildman–Crippen MR) is 97.5 cm³/mol. The van der Waals surface area contributed by atoms with Gasteiger partial charge < -0.3 is 15.6 Å². The quantitative estimate of drug-likeness (QED) is 0.335. The van der Waals surface area contributed by atoms with Crippen molar-refractivity contribution in [3.05, 3.63) is 65.7 Å². The van der Waals surface area contributed by atoms with Crippen molar-refractivity contribution < 1.29 is 14.6 Å². The maximum Gasteiger partial charge on any atom is 0.250 e. The molecule has 2 aromatic carbocycles. The highest BCUT2D eigenvalue weighted by molar-refractivity contribution is 6.03. The third-order valence-corrected chi connectivity index (χ3v) is 3.06. The molecule has 2 aromatic rings. The fourth-order valence-electron chi connectivity index (χ4n) is 1.80. The Balaban J connectivity index is 1.87. The normalized spacial score (nSPS) is 11.8. The van der Waals surface area contributed by atoms with E-state index in [1.54, 1.807) is 37.5 Å². The Hall–Kier alpha value is -3.61. The molecule has 0 saturated heterocycles. The van der Waals surface area contributed by atoms with Gasteiger partial charge in [-0.3, -0.25) is 10.1 Å². The van der Waals surface area contributed by atoms with E-state index in [9.17, 15) is 9.90 Å². The molecule has 0 aromatic heterocycles. The Labute approximate surface area is 145 Å². The maximum absolute atomic E-state index is 11.8. The van der Waals surface area contributed by atoms with Crippen LogP contribution in [0.15, 0.2) is 64.8 Å². The average molecular weight is 338 g/mol. The molecule has 0 bridgehead atoms. The van der Waals surface area contributed by atoms with Gasteiger partial charge in [0, 0.05) is 6.08 Å². The Kier molecular flexibility index (Phi) is 6.30. The second kappa shape index (κ2) is 8.88. The molecular weight excluding hydrogens is 320 g/mol. The largest absolute Gasteiger partial charge is 0.508 e. The molecule has 0 spiro atoms. The number of amides is 1. The van der Waals surface area contributed by atoms with E-state index in [1.807, 2.05) is 12.1 Å². The first-order valence-electron chi connectivity index (χ1n) is 7.35. The van der Waals surface area contributed by atoms with Crippen LogP contribution >= 0.6 is 0 Å². The van der Waals surface area contributed by atoms with Crippen LogP contribution in [-0.2, 0) is 4.79 Å². The summed E-state index contributed by atoms with van der Waals surface area (Å²) in [4.78, 5) is 11.8. The maximum atomic E-state index is 11.8. The van der Waals surface area contributed by atoms with Crippen molar-refractivity contribution in [3.63, 3.8) is 0 Å². The van der Waals surface area contributed by atoms with Crippen molar-refractivity contribution in [1.82, 2.24) is 5.32 Å². The van der Waals surface area contributed by atoms with Crippen LogP contribution in [0, 0.1) is 0 Å². The molecule has 4 N–H and O–H groups in total. The molecule has 0 saturated carbocycles. The molecule has 2 rings (SSSR count). The highest BCUT2D eigenvalue weighted by atomic mass is 16.5. The van der Waals surface area contributed by atoms with Gasteiger partial charge in [-0.2, -0.15) is 5.10 Å². The van der Waals surface area contributed by atoms with Crippen molar-refractivity contribution in [2.75, 3.05) is 7.11 Å². The molecule has 0 unspecified atom stereocenters. The Bertz CT molecular complexity index is 794. The molecule has 0 aliphatic heterocycles. The van der Waals surface area contributed by atoms with Crippen molar-refractivity contribution >= 4 is 24.2 Å². The van der Waals surface area contributed by atoms with Gasteiger partial charge in [0.25, 0.3) is 5.91 Å². The zero-order valence-corrected chi connectivity index (χ0v) is 13.6. The van der Waals surface area contributed by atoms with E-state index in [0.717, 1.165) is 16.9 Å². The highest BCUT2D eigenvalue weighted by Gasteiger charge is 1.98. The Morgan fingerprint density at radius 3 is 2.40 bits per heavy atom. The van der Waals surface area contributed by atoms with Gasteiger partial charge in [0.1, 0.15) is 11.5 Å². The van der Waals surface area contributed by atoms with Crippen LogP contribution < -0.4 is 15.8 Å². The van der Waals surface area contributed by atoms with E-state index in [-0.39, 0.29) is 11.7 Å². The van der Waals surface area contributed by atoms with Gasteiger partial charge in [0.2, 0.25) is 5.96 Å². The summed E-state index contributed by atoms with van der Waals surface area (Å²) in [5.41, 5.74) is 7.16. The summed E-state index contributed by atoms with van der Waals surface area (Å²) in [6, 6.07) is 13.6. The number of phenolic OH excluding ortho intramolecular Hbond substituents is 1. The summed E-state index contributed by atoms with van der Waals surface area (Å²) >= 11 is 0. The molecule has 0 fully saturated rings. The van der Waals surface area contributed by atoms with Crippen LogP contribution in [0.4, 0.5) is 0 Å². The number of benzene rings is 2. The summed E-state index contributed by atoms with van der Waals surface area (Å²) in [7, 11) is 1.59. The van der Waals surface area contributed by atoms with Crippen molar-refractivity contribution in [1.29, 1.82) is 0 Å². The van der Waals surface area contributed by atoms with Gasteiger partial charge in [-0.1, -0.05) is 12.1 Å². The second-order valence-electron chi connectivity index (χ2n) is 4.92. The fourth-order valence-corrected chi connectivity index (χ4v) is 1.80. The number of aromatic hydroxyl groups is 1. The second-order valence-corrected chi connectivity index (χ2v) is 4.92. The van der Waals surface area contributed by atoms with Gasteiger partial charge in [-0.05, 0) is 53.6 Å². The number of carbonyl (C=O) groups excluding carboxylic acids is 1. The van der Waals surface area contributed by atoms with Gasteiger partial charge in [-0.25, -0.2) is 0 Å². The minimum Gasteiger partial charge on any atom is -0.508 e. The number of nitrogens with two attached hydrogens (primary N) is 1. The van der Waals surface area contributed by atoms with E-state index < -0.39 is 5.91 Å². The summed E-state index contributed by atoms with van der Waals surface area (Å²) in [5, 5.41) is 19.0. The van der Waals surface area contributed by atoms with Crippen molar-refractivity contribution in [2.45, 2.75) is 0 Å². The summed E-state index contributed by atoms with van der Waals surface area (Å²) < 4.78 is 5.06. The average Bonchev–Trinajstić information content (AvgIpc) is 2.62. The van der Waals surface area contributed by atoms with E-state index in [1.165, 1.54) is 24.4 Å². The summed E-state index contributed by atoms with van der Waals surface area (Å²) in [5.74, 6) is 0.358. The van der Waals surface area contributed by atoms with E-state index in [2.05, 4.69) is 15.5 Å². The lowest BCUT2D eigenvalue weighted by atomic mass is 10.2. The smallest absolute Gasteiger partial charge is 0.250 e. The fraction of sp³-hybridized carbons (Fsp3) is 0.0556. The Morgan fingerprint density at radius 2 is 1.76 bits per heavy atom. The van der Waals surface area contributed by atoms with Gasteiger partial charge in [0.05, 0.1) is 13.3 Å². The van der Waals surface area contributed by atoms with Crippen LogP contribution in [-0.4, -0.2) is 30.3 Å². The summed E-state index contributed by atoms with van der Waals surface area (Å²) in [6.45, 7) is 0. The molecule has 1 amide bonds. The number of guanidine groups is 1. The van der Waals surface area contributed by atoms with Crippen LogP contribution in [0.25, 0.3) is 6.08 Å². The minimum absolute atomic E-state index is 0.126. The molecular formula is C18H18N4O3. The highest BCUT2D eigenvalue weighted by Crippen LogP contribution is 2.12. The molecule has 7 nitrogen and oxygen atoms in total. The molecule has 0 aliphatic carbocycles. The zero-order chi connectivity index (χ0) is 18.1. The first-order valence-corrected chi connectivity index (χ1v) is 7.35. The molecule has 0 aliphatic rings. The first-order chi connectivity index (χ1) is 12.1. The van der Waals surface area contributed by atoms with Crippen LogP contribution in [0.2, 0.25) is 0 Å². The number of carbonyl (C=O) groups is 1. The van der Waals surface area contributed by atoms with Gasteiger partial charge >= 0.3 is 0 Å². The third-order valence-electron chi connectivity index (χ3n) is 3.06. The molecule has 128 valence electrons. The number of methoxy groups -OCH3 is 1. The number of rotatable bonds is 5. The lowest BCUT2D eigenvalue weighted by Crippen LogP contribution is -2.35.